The zero-order valence-corrected chi connectivity index (χ0v) is 15.1. The number of rotatable bonds is 5. The average molecular weight is 374 g/mol. The van der Waals surface area contributed by atoms with Crippen LogP contribution in [0.1, 0.15) is 36.3 Å². The number of anilines is 3. The Labute approximate surface area is 154 Å². The number of benzene rings is 2. The van der Waals surface area contributed by atoms with Crippen molar-refractivity contribution < 1.29 is 13.2 Å². The van der Waals surface area contributed by atoms with Crippen molar-refractivity contribution in [2.75, 3.05) is 23.4 Å². The number of aryl methyl sites for hydroxylation is 1. The van der Waals surface area contributed by atoms with Crippen molar-refractivity contribution in [2.45, 2.75) is 26.3 Å². The lowest BCUT2D eigenvalue weighted by atomic mass is 10.0. The molecule has 5 nitrogen and oxygen atoms in total. The van der Waals surface area contributed by atoms with Crippen LogP contribution in [0.5, 0.6) is 0 Å². The van der Waals surface area contributed by atoms with Gasteiger partial charge in [-0.15, -0.1) is 0 Å². The van der Waals surface area contributed by atoms with Gasteiger partial charge in [-0.05, 0) is 38.1 Å². The van der Waals surface area contributed by atoms with Gasteiger partial charge in [0.05, 0.1) is 17.1 Å². The maximum Gasteiger partial charge on any atom is 0.266 e. The lowest BCUT2D eigenvalue weighted by Gasteiger charge is -2.19. The van der Waals surface area contributed by atoms with E-state index in [1.807, 2.05) is 6.07 Å². The molecule has 0 amide bonds. The fourth-order valence-electron chi connectivity index (χ4n) is 2.89. The van der Waals surface area contributed by atoms with E-state index in [2.05, 4.69) is 26.7 Å². The molecule has 141 valence electrons. The first-order valence-corrected chi connectivity index (χ1v) is 8.31. The second-order valence-electron chi connectivity index (χ2n) is 6.20. The van der Waals surface area contributed by atoms with Crippen molar-refractivity contribution in [2.24, 2.45) is 0 Å². The SMILES string of the molecule is CNc1[c]cc2nc(C)nc(N[C@H](C)c3cc(N)cc(C(F)F)c3F)c2c1. The first-order chi connectivity index (χ1) is 12.8. The fraction of sp³-hybridized carbons (Fsp3) is 0.263. The van der Waals surface area contributed by atoms with E-state index in [-0.39, 0.29) is 11.3 Å². The summed E-state index contributed by atoms with van der Waals surface area (Å²) in [6, 6.07) is 8.24. The van der Waals surface area contributed by atoms with E-state index < -0.39 is 23.8 Å². The van der Waals surface area contributed by atoms with Gasteiger partial charge in [-0.2, -0.15) is 0 Å². The van der Waals surface area contributed by atoms with Crippen LogP contribution in [0.4, 0.5) is 30.4 Å². The number of nitrogens with zero attached hydrogens (tertiary/aromatic N) is 2. The third-order valence-electron chi connectivity index (χ3n) is 4.22. The molecule has 0 aliphatic rings. The van der Waals surface area contributed by atoms with Crippen LogP contribution < -0.4 is 16.4 Å². The van der Waals surface area contributed by atoms with Gasteiger partial charge in [-0.25, -0.2) is 23.1 Å². The highest BCUT2D eigenvalue weighted by Gasteiger charge is 2.21. The molecule has 0 unspecified atom stereocenters. The molecule has 0 bridgehead atoms. The number of halogens is 3. The van der Waals surface area contributed by atoms with E-state index in [9.17, 15) is 13.2 Å². The summed E-state index contributed by atoms with van der Waals surface area (Å²) in [6.07, 6.45) is -2.95. The summed E-state index contributed by atoms with van der Waals surface area (Å²) in [6.45, 7) is 3.39. The first-order valence-electron chi connectivity index (χ1n) is 8.31. The lowest BCUT2D eigenvalue weighted by molar-refractivity contribution is 0.146. The number of hydrogen-bond donors (Lipinski definition) is 3. The summed E-state index contributed by atoms with van der Waals surface area (Å²) in [4.78, 5) is 8.74. The number of aromatic nitrogens is 2. The van der Waals surface area contributed by atoms with Crippen molar-refractivity contribution in [3.05, 3.63) is 53.1 Å². The standard InChI is InChI=1S/C19H19F3N5/c1-9(13-6-11(23)7-15(17(13)20)18(21)22)25-19-14-8-12(24-3)4-5-16(14)26-10(2)27-19/h5-9,18,24H,23H2,1-3H3,(H,25,26,27)/t9-/m1/s1. The van der Waals surface area contributed by atoms with Crippen LogP contribution in [0.25, 0.3) is 10.9 Å². The van der Waals surface area contributed by atoms with Crippen LogP contribution in [-0.4, -0.2) is 17.0 Å². The summed E-state index contributed by atoms with van der Waals surface area (Å²) >= 11 is 0. The zero-order valence-electron chi connectivity index (χ0n) is 15.1. The number of nitrogens with two attached hydrogens (primary N) is 1. The normalized spacial score (nSPS) is 12.4. The van der Waals surface area contributed by atoms with Crippen molar-refractivity contribution in [3.63, 3.8) is 0 Å². The molecule has 8 heteroatoms. The summed E-state index contributed by atoms with van der Waals surface area (Å²) < 4.78 is 40.7. The second kappa shape index (κ2) is 7.30. The van der Waals surface area contributed by atoms with Gasteiger partial charge in [0.15, 0.2) is 0 Å². The van der Waals surface area contributed by atoms with Gasteiger partial charge < -0.3 is 16.4 Å². The predicted octanol–water partition coefficient (Wildman–Crippen LogP) is 4.61. The lowest BCUT2D eigenvalue weighted by Crippen LogP contribution is -2.13. The Morgan fingerprint density at radius 3 is 2.52 bits per heavy atom. The number of hydrogen-bond acceptors (Lipinski definition) is 5. The zero-order chi connectivity index (χ0) is 19.7. The Hall–Kier alpha value is -3.03. The molecule has 0 spiro atoms. The van der Waals surface area contributed by atoms with Crippen LogP contribution in [-0.2, 0) is 0 Å². The van der Waals surface area contributed by atoms with E-state index >= 15 is 0 Å². The Morgan fingerprint density at radius 1 is 1.15 bits per heavy atom. The summed E-state index contributed by atoms with van der Waals surface area (Å²) in [5.74, 6) is 0.0126. The Bertz CT molecular complexity index is 991. The van der Waals surface area contributed by atoms with Crippen LogP contribution in [0.3, 0.4) is 0 Å². The predicted molar refractivity (Wildman–Crippen MR) is 100 cm³/mol. The highest BCUT2D eigenvalue weighted by atomic mass is 19.3. The number of fused-ring (bicyclic) bond motifs is 1. The molecule has 4 N–H and O–H groups in total. The summed E-state index contributed by atoms with van der Waals surface area (Å²) in [5, 5.41) is 6.78. The fourth-order valence-corrected chi connectivity index (χ4v) is 2.89. The van der Waals surface area contributed by atoms with Crippen molar-refractivity contribution >= 4 is 28.1 Å². The molecule has 1 aromatic heterocycles. The molecule has 3 rings (SSSR count). The van der Waals surface area contributed by atoms with Gasteiger partial charge in [0.25, 0.3) is 6.43 Å². The number of nitrogen functional groups attached to an aromatic ring is 1. The molecule has 1 heterocycles. The highest BCUT2D eigenvalue weighted by Crippen LogP contribution is 2.32. The molecule has 0 saturated carbocycles. The van der Waals surface area contributed by atoms with Crippen molar-refractivity contribution in [3.8, 4) is 0 Å². The van der Waals surface area contributed by atoms with E-state index in [1.165, 1.54) is 6.07 Å². The molecule has 2 aromatic carbocycles. The molecule has 0 saturated heterocycles. The van der Waals surface area contributed by atoms with E-state index in [0.29, 0.717) is 22.5 Å². The Balaban J connectivity index is 2.05. The first kappa shape index (κ1) is 18.8. The quantitative estimate of drug-likeness (QED) is 0.569. The van der Waals surface area contributed by atoms with Crippen LogP contribution >= 0.6 is 0 Å². The largest absolute Gasteiger partial charge is 0.399 e. The van der Waals surface area contributed by atoms with Gasteiger partial charge in [0, 0.05) is 35.4 Å². The Kier molecular flexibility index (Phi) is 5.07. The minimum atomic E-state index is -2.95. The number of alkyl halides is 2. The van der Waals surface area contributed by atoms with Crippen LogP contribution in [0.15, 0.2) is 24.3 Å². The monoisotopic (exact) mass is 374 g/mol. The maximum absolute atomic E-state index is 14.5. The van der Waals surface area contributed by atoms with Crippen LogP contribution in [0.2, 0.25) is 0 Å². The molecule has 1 atom stereocenters. The number of nitrogens with one attached hydrogen (secondary N) is 2. The molecule has 0 fully saturated rings. The molecular formula is C19H19F3N5. The molecular weight excluding hydrogens is 355 g/mol. The third kappa shape index (κ3) is 3.74. The van der Waals surface area contributed by atoms with E-state index in [4.69, 9.17) is 5.73 Å². The Morgan fingerprint density at radius 2 is 1.85 bits per heavy atom. The average Bonchev–Trinajstić information content (AvgIpc) is 2.62. The van der Waals surface area contributed by atoms with Gasteiger partial charge in [-0.1, -0.05) is 0 Å². The molecule has 3 aromatic rings. The topological polar surface area (TPSA) is 75.9 Å². The summed E-state index contributed by atoms with van der Waals surface area (Å²) in [7, 11) is 1.76. The van der Waals surface area contributed by atoms with Gasteiger partial charge >= 0.3 is 0 Å². The van der Waals surface area contributed by atoms with Crippen LogP contribution in [0, 0.1) is 18.8 Å². The second-order valence-corrected chi connectivity index (χ2v) is 6.20. The highest BCUT2D eigenvalue weighted by molar-refractivity contribution is 5.91. The summed E-state index contributed by atoms with van der Waals surface area (Å²) in [5.41, 5.74) is 6.49. The van der Waals surface area contributed by atoms with Gasteiger partial charge in [0.1, 0.15) is 17.5 Å². The molecule has 0 aliphatic heterocycles. The van der Waals surface area contributed by atoms with E-state index in [1.54, 1.807) is 27.0 Å². The minimum Gasteiger partial charge on any atom is -0.399 e. The van der Waals surface area contributed by atoms with Gasteiger partial charge in [0.2, 0.25) is 0 Å². The van der Waals surface area contributed by atoms with Crippen molar-refractivity contribution in [1.82, 2.24) is 9.97 Å². The minimum absolute atomic E-state index is 0.0473. The maximum atomic E-state index is 14.5. The molecule has 27 heavy (non-hydrogen) atoms. The third-order valence-corrected chi connectivity index (χ3v) is 4.22. The molecule has 0 aliphatic carbocycles. The van der Waals surface area contributed by atoms with E-state index in [0.717, 1.165) is 11.8 Å². The van der Waals surface area contributed by atoms with Gasteiger partial charge in [-0.3, -0.25) is 0 Å². The van der Waals surface area contributed by atoms with Crippen molar-refractivity contribution in [1.29, 1.82) is 0 Å². The molecule has 1 radical (unpaired) electrons. The smallest absolute Gasteiger partial charge is 0.266 e.